The molecule has 7 N–H and O–H groups in total. The Labute approximate surface area is 225 Å². The summed E-state index contributed by atoms with van der Waals surface area (Å²) < 4.78 is 0. The number of carbonyl (C=O) groups is 6. The van der Waals surface area contributed by atoms with Gasteiger partial charge in [-0.05, 0) is 45.1 Å². The van der Waals surface area contributed by atoms with Crippen molar-refractivity contribution in [3.8, 4) is 0 Å². The van der Waals surface area contributed by atoms with E-state index in [9.17, 15) is 28.8 Å². The Morgan fingerprint density at radius 1 is 1.03 bits per heavy atom. The molecule has 0 aromatic heterocycles. The Hall–Kier alpha value is -3.13. The summed E-state index contributed by atoms with van der Waals surface area (Å²) in [5, 5.41) is 26.3. The minimum atomic E-state index is -1.08. The van der Waals surface area contributed by atoms with Crippen LogP contribution in [0.25, 0.3) is 0 Å². The smallest absolute Gasteiger partial charge is 0.326 e. The summed E-state index contributed by atoms with van der Waals surface area (Å²) in [6.45, 7) is 0.620. The summed E-state index contributed by atoms with van der Waals surface area (Å²) in [7, 11) is 0. The minimum Gasteiger partial charge on any atom is -0.481 e. The summed E-state index contributed by atoms with van der Waals surface area (Å²) in [5.74, 6) is -2.04. The van der Waals surface area contributed by atoms with E-state index in [1.165, 1.54) is 12.2 Å². The number of carboxylic acid groups (broad SMARTS) is 2. The Balaban J connectivity index is 0.000000279. The molecule has 5 amide bonds. The zero-order valence-electron chi connectivity index (χ0n) is 21.2. The number of nitrogens with two attached hydrogens (primary N) is 1. The van der Waals surface area contributed by atoms with Crippen molar-refractivity contribution in [2.24, 2.45) is 5.73 Å². The fourth-order valence-corrected chi connectivity index (χ4v) is 5.87. The monoisotopic (exact) mass is 555 g/mol. The number of thioether (sulfide) groups is 1. The van der Waals surface area contributed by atoms with Crippen LogP contribution in [0.2, 0.25) is 0 Å². The van der Waals surface area contributed by atoms with Crippen LogP contribution in [0.5, 0.6) is 0 Å². The standard InChI is InChI=1S/C14H21N3O5.C10H16N2O3S/c15-8-2-1-4-10(14(21)22)16-11(18)5-3-9-17-12(19)6-7-13(17)20;13-8(14)4-2-1-3-7-9-6(5-16-7)11-10(15)12-9/h6-7,10H,1-5,8-9,15H2,(H,16,18)(H,21,22);6-7,9H,1-5H2,(H,13,14)(H2,11,12,15)/t10-;6-,7-,9-/m00/s1. The Bertz CT molecular complexity index is 896. The van der Waals surface area contributed by atoms with Gasteiger partial charge in [0.15, 0.2) is 0 Å². The normalized spacial score (nSPS) is 22.3. The van der Waals surface area contributed by atoms with Crippen LogP contribution in [-0.4, -0.2) is 93.0 Å². The van der Waals surface area contributed by atoms with E-state index in [0.29, 0.717) is 37.5 Å². The van der Waals surface area contributed by atoms with E-state index in [-0.39, 0.29) is 37.5 Å². The summed E-state index contributed by atoms with van der Waals surface area (Å²) in [5.41, 5.74) is 5.34. The second kappa shape index (κ2) is 16.0. The maximum absolute atomic E-state index is 11.7. The third-order valence-electron chi connectivity index (χ3n) is 6.33. The van der Waals surface area contributed by atoms with E-state index in [4.69, 9.17) is 15.9 Å². The van der Waals surface area contributed by atoms with Crippen LogP contribution in [-0.2, 0) is 24.0 Å². The second-order valence-corrected chi connectivity index (χ2v) is 10.5. The van der Waals surface area contributed by atoms with Crippen molar-refractivity contribution in [2.45, 2.75) is 81.2 Å². The quantitative estimate of drug-likeness (QED) is 0.0917. The number of carbonyl (C=O) groups excluding carboxylic acids is 4. The highest BCUT2D eigenvalue weighted by Crippen LogP contribution is 2.33. The van der Waals surface area contributed by atoms with E-state index >= 15 is 0 Å². The number of hydrogen-bond acceptors (Lipinski definition) is 8. The maximum atomic E-state index is 11.7. The predicted octanol–water partition coefficient (Wildman–Crippen LogP) is 0.187. The molecule has 2 saturated heterocycles. The zero-order valence-corrected chi connectivity index (χ0v) is 22.0. The zero-order chi connectivity index (χ0) is 28.1. The van der Waals surface area contributed by atoms with Gasteiger partial charge in [-0.15, -0.1) is 0 Å². The van der Waals surface area contributed by atoms with Crippen LogP contribution in [0.3, 0.4) is 0 Å². The molecule has 0 radical (unpaired) electrons. The lowest BCUT2D eigenvalue weighted by Gasteiger charge is -2.16. The van der Waals surface area contributed by atoms with Crippen molar-refractivity contribution in [1.29, 1.82) is 0 Å². The number of unbranched alkanes of at least 4 members (excludes halogenated alkanes) is 2. The van der Waals surface area contributed by atoms with Crippen LogP contribution < -0.4 is 21.7 Å². The largest absolute Gasteiger partial charge is 0.481 e. The maximum Gasteiger partial charge on any atom is 0.326 e. The Morgan fingerprint density at radius 3 is 2.37 bits per heavy atom. The van der Waals surface area contributed by atoms with Gasteiger partial charge in [-0.1, -0.05) is 6.42 Å². The van der Waals surface area contributed by atoms with Crippen molar-refractivity contribution in [3.63, 3.8) is 0 Å². The molecule has 3 aliphatic rings. The van der Waals surface area contributed by atoms with Gasteiger partial charge in [-0.2, -0.15) is 11.8 Å². The molecular formula is C24H37N5O8S. The average Bonchev–Trinajstić information content (AvgIpc) is 3.51. The van der Waals surface area contributed by atoms with Gasteiger partial charge in [0.2, 0.25) is 5.91 Å². The first-order valence-corrected chi connectivity index (χ1v) is 13.8. The van der Waals surface area contributed by atoms with E-state index in [2.05, 4.69) is 16.0 Å². The number of nitrogens with one attached hydrogen (secondary N) is 3. The third-order valence-corrected chi connectivity index (χ3v) is 7.84. The lowest BCUT2D eigenvalue weighted by atomic mass is 10.0. The van der Waals surface area contributed by atoms with Gasteiger partial charge < -0.3 is 31.9 Å². The summed E-state index contributed by atoms with van der Waals surface area (Å²) in [6, 6.07) is -0.495. The van der Waals surface area contributed by atoms with Gasteiger partial charge in [0, 0.05) is 42.5 Å². The fraction of sp³-hybridized carbons (Fsp3) is 0.667. The molecule has 212 valence electrons. The molecule has 13 nitrogen and oxygen atoms in total. The van der Waals surface area contributed by atoms with Crippen molar-refractivity contribution in [1.82, 2.24) is 20.9 Å². The predicted molar refractivity (Wildman–Crippen MR) is 139 cm³/mol. The molecule has 0 unspecified atom stereocenters. The van der Waals surface area contributed by atoms with Gasteiger partial charge in [-0.3, -0.25) is 24.1 Å². The SMILES string of the molecule is NCCCC[C@H](NC(=O)CCCN1C(=O)C=CC1=O)C(=O)O.O=C(O)CCCC[C@@H]1SC[C@@H]2NC(=O)N[C@@H]21. The van der Waals surface area contributed by atoms with Crippen LogP contribution in [0.15, 0.2) is 12.2 Å². The van der Waals surface area contributed by atoms with Crippen molar-refractivity contribution in [2.75, 3.05) is 18.8 Å². The van der Waals surface area contributed by atoms with E-state index in [1.54, 1.807) is 0 Å². The Morgan fingerprint density at radius 2 is 1.74 bits per heavy atom. The molecule has 3 aliphatic heterocycles. The van der Waals surface area contributed by atoms with Gasteiger partial charge in [0.1, 0.15) is 6.04 Å². The number of aliphatic carboxylic acids is 2. The third kappa shape index (κ3) is 10.3. The summed E-state index contributed by atoms with van der Waals surface area (Å²) in [4.78, 5) is 67.9. The molecular weight excluding hydrogens is 518 g/mol. The average molecular weight is 556 g/mol. The van der Waals surface area contributed by atoms with Crippen LogP contribution >= 0.6 is 11.8 Å². The first-order chi connectivity index (χ1) is 18.1. The Kier molecular flexibility index (Phi) is 13.1. The molecule has 0 aromatic rings. The number of hydrogen-bond donors (Lipinski definition) is 6. The first-order valence-electron chi connectivity index (χ1n) is 12.8. The second-order valence-electron chi connectivity index (χ2n) is 9.27. The number of fused-ring (bicyclic) bond motifs is 1. The highest BCUT2D eigenvalue weighted by Gasteiger charge is 2.42. The van der Waals surface area contributed by atoms with E-state index in [1.807, 2.05) is 11.8 Å². The number of rotatable bonds is 15. The number of amides is 5. The van der Waals surface area contributed by atoms with E-state index < -0.39 is 35.7 Å². The summed E-state index contributed by atoms with van der Waals surface area (Å²) in [6.07, 6.45) is 7.23. The molecule has 0 saturated carbocycles. The molecule has 0 aliphatic carbocycles. The van der Waals surface area contributed by atoms with Crippen LogP contribution in [0, 0.1) is 0 Å². The number of imide groups is 1. The van der Waals surface area contributed by atoms with E-state index in [0.717, 1.165) is 29.9 Å². The lowest BCUT2D eigenvalue weighted by molar-refractivity contribution is -0.142. The van der Waals surface area contributed by atoms with Gasteiger partial charge >= 0.3 is 18.0 Å². The molecule has 4 atom stereocenters. The number of urea groups is 1. The summed E-state index contributed by atoms with van der Waals surface area (Å²) >= 11 is 1.87. The molecule has 38 heavy (non-hydrogen) atoms. The van der Waals surface area contributed by atoms with Gasteiger partial charge in [0.05, 0.1) is 12.1 Å². The number of carboxylic acids is 2. The lowest BCUT2D eigenvalue weighted by Crippen LogP contribution is -2.41. The first kappa shape index (κ1) is 31.1. The molecule has 0 aromatic carbocycles. The fourth-order valence-electron chi connectivity index (χ4n) is 4.33. The molecule has 2 fully saturated rings. The molecule has 14 heteroatoms. The minimum absolute atomic E-state index is 0.0533. The van der Waals surface area contributed by atoms with Crippen LogP contribution in [0.1, 0.15) is 57.8 Å². The van der Waals surface area contributed by atoms with Crippen LogP contribution in [0.4, 0.5) is 4.79 Å². The highest BCUT2D eigenvalue weighted by molar-refractivity contribution is 8.00. The number of nitrogens with zero attached hydrogens (tertiary/aromatic N) is 1. The molecule has 3 rings (SSSR count). The molecule has 0 bridgehead atoms. The van der Waals surface area contributed by atoms with Gasteiger partial charge in [-0.25, -0.2) is 9.59 Å². The van der Waals surface area contributed by atoms with Crippen molar-refractivity contribution in [3.05, 3.63) is 12.2 Å². The molecule has 0 spiro atoms. The van der Waals surface area contributed by atoms with Crippen molar-refractivity contribution >= 4 is 47.5 Å². The molecule has 3 heterocycles. The van der Waals surface area contributed by atoms with Crippen molar-refractivity contribution < 1.29 is 39.0 Å². The van der Waals surface area contributed by atoms with Gasteiger partial charge in [0.25, 0.3) is 11.8 Å². The highest BCUT2D eigenvalue weighted by atomic mass is 32.2. The topological polar surface area (TPSA) is 208 Å².